The molecule has 1 atom stereocenters. The highest BCUT2D eigenvalue weighted by atomic mass is 16.2. The molecule has 4 rings (SSSR count). The fraction of sp³-hybridized carbons (Fsp3) is 0.120. The van der Waals surface area contributed by atoms with Crippen molar-refractivity contribution in [2.24, 2.45) is 7.05 Å². The number of nitrogens with one attached hydrogen (secondary N) is 2. The topological polar surface area (TPSA) is 93.1 Å². The summed E-state index contributed by atoms with van der Waals surface area (Å²) in [5, 5.41) is 10.7. The Morgan fingerprint density at radius 1 is 0.844 bits per heavy atom. The maximum atomic E-state index is 13.1. The summed E-state index contributed by atoms with van der Waals surface area (Å²) in [6.45, 7) is 1.90. The molecule has 0 radical (unpaired) electrons. The van der Waals surface area contributed by atoms with Gasteiger partial charge in [-0.2, -0.15) is 5.10 Å². The first kappa shape index (κ1) is 21.0. The molecule has 0 saturated heterocycles. The second-order valence-electron chi connectivity index (χ2n) is 7.43. The minimum atomic E-state index is -0.506. The lowest BCUT2D eigenvalue weighted by Crippen LogP contribution is -2.29. The molecule has 1 heterocycles. The van der Waals surface area contributed by atoms with Crippen LogP contribution in [0.3, 0.4) is 0 Å². The number of hydrogen-bond acceptors (Lipinski definition) is 4. The summed E-state index contributed by atoms with van der Waals surface area (Å²) in [6, 6.07) is 23.0. The van der Waals surface area contributed by atoms with Crippen molar-refractivity contribution in [3.63, 3.8) is 0 Å². The van der Waals surface area contributed by atoms with Crippen LogP contribution in [0.4, 0.5) is 5.69 Å². The highest BCUT2D eigenvalue weighted by Gasteiger charge is 2.19. The molecule has 2 amide bonds. The van der Waals surface area contributed by atoms with Crippen LogP contribution in [-0.4, -0.2) is 21.6 Å². The zero-order valence-electron chi connectivity index (χ0n) is 17.7. The van der Waals surface area contributed by atoms with E-state index < -0.39 is 5.91 Å². The lowest BCUT2D eigenvalue weighted by atomic mass is 10.1. The molecule has 0 aliphatic rings. The van der Waals surface area contributed by atoms with Crippen LogP contribution in [0.5, 0.6) is 0 Å². The summed E-state index contributed by atoms with van der Waals surface area (Å²) in [5.41, 5.74) is 1.48. The molecule has 7 heteroatoms. The van der Waals surface area contributed by atoms with Crippen LogP contribution in [0.2, 0.25) is 0 Å². The lowest BCUT2D eigenvalue weighted by molar-refractivity contribution is 0.0941. The quantitative estimate of drug-likeness (QED) is 0.509. The van der Waals surface area contributed by atoms with Crippen molar-refractivity contribution in [2.75, 3.05) is 5.32 Å². The first-order chi connectivity index (χ1) is 15.5. The second-order valence-corrected chi connectivity index (χ2v) is 7.43. The number of amides is 2. The van der Waals surface area contributed by atoms with Crippen LogP contribution >= 0.6 is 0 Å². The van der Waals surface area contributed by atoms with E-state index in [2.05, 4.69) is 15.7 Å². The number of para-hydroxylation sites is 1. The van der Waals surface area contributed by atoms with Crippen LogP contribution in [0.1, 0.15) is 39.4 Å². The lowest BCUT2D eigenvalue weighted by Gasteiger charge is -2.16. The van der Waals surface area contributed by atoms with E-state index in [0.717, 1.165) is 10.2 Å². The number of anilines is 1. The van der Waals surface area contributed by atoms with Gasteiger partial charge in [-0.15, -0.1) is 0 Å². The summed E-state index contributed by atoms with van der Waals surface area (Å²) in [7, 11) is 1.50. The predicted molar refractivity (Wildman–Crippen MR) is 124 cm³/mol. The van der Waals surface area contributed by atoms with E-state index in [4.69, 9.17) is 0 Å². The van der Waals surface area contributed by atoms with Gasteiger partial charge in [-0.1, -0.05) is 60.7 Å². The Morgan fingerprint density at radius 3 is 2.22 bits per heavy atom. The molecule has 0 bridgehead atoms. The van der Waals surface area contributed by atoms with Crippen LogP contribution in [0.25, 0.3) is 10.8 Å². The molecule has 0 aliphatic carbocycles. The van der Waals surface area contributed by atoms with E-state index in [1.54, 1.807) is 48.5 Å². The van der Waals surface area contributed by atoms with Gasteiger partial charge in [0.05, 0.1) is 22.7 Å². The van der Waals surface area contributed by atoms with E-state index in [9.17, 15) is 14.4 Å². The number of hydrogen-bond donors (Lipinski definition) is 2. The molecule has 32 heavy (non-hydrogen) atoms. The summed E-state index contributed by atoms with van der Waals surface area (Å²) < 4.78 is 1.14. The zero-order valence-corrected chi connectivity index (χ0v) is 17.7. The number of aromatic nitrogens is 2. The van der Waals surface area contributed by atoms with Crippen molar-refractivity contribution in [1.82, 2.24) is 15.1 Å². The zero-order chi connectivity index (χ0) is 22.7. The van der Waals surface area contributed by atoms with Gasteiger partial charge in [-0.3, -0.25) is 14.4 Å². The molecule has 160 valence electrons. The highest BCUT2D eigenvalue weighted by molar-refractivity contribution is 6.13. The van der Waals surface area contributed by atoms with Gasteiger partial charge < -0.3 is 10.6 Å². The van der Waals surface area contributed by atoms with E-state index in [0.29, 0.717) is 22.0 Å². The molecule has 0 unspecified atom stereocenters. The van der Waals surface area contributed by atoms with Crippen molar-refractivity contribution in [2.45, 2.75) is 13.0 Å². The third-order valence-corrected chi connectivity index (χ3v) is 5.24. The normalized spacial score (nSPS) is 11.7. The minimum Gasteiger partial charge on any atom is -0.345 e. The van der Waals surface area contributed by atoms with Gasteiger partial charge in [0.1, 0.15) is 0 Å². The molecule has 3 aromatic carbocycles. The van der Waals surface area contributed by atoms with Gasteiger partial charge in [0.25, 0.3) is 17.4 Å². The van der Waals surface area contributed by atoms with Gasteiger partial charge >= 0.3 is 0 Å². The summed E-state index contributed by atoms with van der Waals surface area (Å²) in [5.74, 6) is -0.816. The number of carbonyl (C=O) groups is 2. The summed E-state index contributed by atoms with van der Waals surface area (Å²) in [6.07, 6.45) is 0. The second kappa shape index (κ2) is 8.85. The van der Waals surface area contributed by atoms with Gasteiger partial charge in [0.15, 0.2) is 5.69 Å². The number of rotatable bonds is 5. The van der Waals surface area contributed by atoms with Gasteiger partial charge in [0, 0.05) is 12.4 Å². The largest absolute Gasteiger partial charge is 0.345 e. The molecule has 1 aromatic heterocycles. The van der Waals surface area contributed by atoms with Gasteiger partial charge in [0.2, 0.25) is 0 Å². The molecule has 0 saturated carbocycles. The van der Waals surface area contributed by atoms with Crippen LogP contribution in [0, 0.1) is 0 Å². The fourth-order valence-electron chi connectivity index (χ4n) is 3.54. The number of carbonyl (C=O) groups excluding carboxylic acids is 2. The predicted octanol–water partition coefficient (Wildman–Crippen LogP) is 3.68. The maximum absolute atomic E-state index is 13.1. The van der Waals surface area contributed by atoms with Crippen LogP contribution in [-0.2, 0) is 7.05 Å². The third-order valence-electron chi connectivity index (χ3n) is 5.24. The van der Waals surface area contributed by atoms with Gasteiger partial charge in [-0.25, -0.2) is 4.68 Å². The number of nitrogens with zero attached hydrogens (tertiary/aromatic N) is 2. The Bertz CT molecular complexity index is 1360. The first-order valence-corrected chi connectivity index (χ1v) is 10.2. The standard InChI is InChI=1S/C25H22N4O3/c1-16(17-10-4-3-5-11-17)26-23(30)20-14-8-9-15-21(20)27-24(31)22-18-12-6-7-13-19(18)25(32)29(2)28-22/h3-16H,1-2H3,(H,26,30)(H,27,31)/t16-/m1/s1. The van der Waals surface area contributed by atoms with E-state index in [1.165, 1.54) is 7.05 Å². The van der Waals surface area contributed by atoms with Crippen molar-refractivity contribution >= 4 is 28.3 Å². The van der Waals surface area contributed by atoms with Crippen LogP contribution < -0.4 is 16.2 Å². The Kier molecular flexibility index (Phi) is 5.81. The van der Waals surface area contributed by atoms with Crippen molar-refractivity contribution in [3.8, 4) is 0 Å². The smallest absolute Gasteiger partial charge is 0.276 e. The molecule has 0 spiro atoms. The maximum Gasteiger partial charge on any atom is 0.276 e. The molecule has 7 nitrogen and oxygen atoms in total. The molecule has 2 N–H and O–H groups in total. The first-order valence-electron chi connectivity index (χ1n) is 10.2. The van der Waals surface area contributed by atoms with Crippen LogP contribution in [0.15, 0.2) is 83.7 Å². The Hall–Kier alpha value is -4.26. The molecule has 0 fully saturated rings. The van der Waals surface area contributed by atoms with Crippen molar-refractivity contribution < 1.29 is 9.59 Å². The minimum absolute atomic E-state index is 0.107. The monoisotopic (exact) mass is 426 g/mol. The average Bonchev–Trinajstić information content (AvgIpc) is 2.82. The molecule has 4 aromatic rings. The average molecular weight is 426 g/mol. The SMILES string of the molecule is C[C@@H](NC(=O)c1ccccc1NC(=O)c1nn(C)c(=O)c2ccccc12)c1ccccc1. The van der Waals surface area contributed by atoms with Crippen molar-refractivity contribution in [1.29, 1.82) is 0 Å². The highest BCUT2D eigenvalue weighted by Crippen LogP contribution is 2.20. The number of fused-ring (bicyclic) bond motifs is 1. The van der Waals surface area contributed by atoms with E-state index in [-0.39, 0.29) is 23.2 Å². The Labute approximate surface area is 184 Å². The summed E-state index contributed by atoms with van der Waals surface area (Å²) in [4.78, 5) is 38.4. The molecular weight excluding hydrogens is 404 g/mol. The number of aryl methyl sites for hydroxylation is 1. The van der Waals surface area contributed by atoms with Gasteiger partial charge in [-0.05, 0) is 30.7 Å². The molecular formula is C25H22N4O3. The summed E-state index contributed by atoms with van der Waals surface area (Å²) >= 11 is 0. The molecule has 0 aliphatic heterocycles. The third kappa shape index (κ3) is 4.13. The Morgan fingerprint density at radius 2 is 1.47 bits per heavy atom. The Balaban J connectivity index is 1.62. The van der Waals surface area contributed by atoms with E-state index in [1.807, 2.05) is 37.3 Å². The fourth-order valence-corrected chi connectivity index (χ4v) is 3.54. The van der Waals surface area contributed by atoms with E-state index >= 15 is 0 Å². The van der Waals surface area contributed by atoms with Crippen molar-refractivity contribution in [3.05, 3.63) is 106 Å². The number of benzene rings is 3.